The Labute approximate surface area is 136 Å². The number of aliphatic hydroxyl groups excluding tert-OH is 1. The molecule has 126 valence electrons. The summed E-state index contributed by atoms with van der Waals surface area (Å²) < 4.78 is 0. The Morgan fingerprint density at radius 2 is 2.09 bits per heavy atom. The second-order valence-electron chi connectivity index (χ2n) is 5.54. The standard InChI is InChI=1S/C16H24N4O3/c21-14(13-5-2-1-3-6-13)11-19-16(23)18-7-4-9-20-10-8-17-15(22)12-20/h1-3,5-6,14,21H,4,7-12H2,(H,17,22)(H2,18,19,23). The Hall–Kier alpha value is -2.12. The van der Waals surface area contributed by atoms with Gasteiger partial charge in [-0.15, -0.1) is 0 Å². The van der Waals surface area contributed by atoms with Crippen LogP contribution in [0.2, 0.25) is 0 Å². The van der Waals surface area contributed by atoms with Gasteiger partial charge in [-0.1, -0.05) is 30.3 Å². The minimum absolute atomic E-state index is 0.0526. The first-order valence-corrected chi connectivity index (χ1v) is 7.89. The van der Waals surface area contributed by atoms with Crippen LogP contribution in [-0.2, 0) is 4.79 Å². The third-order valence-electron chi connectivity index (χ3n) is 3.69. The van der Waals surface area contributed by atoms with Crippen LogP contribution >= 0.6 is 0 Å². The zero-order chi connectivity index (χ0) is 16.5. The highest BCUT2D eigenvalue weighted by Gasteiger charge is 2.15. The molecule has 4 N–H and O–H groups in total. The van der Waals surface area contributed by atoms with Gasteiger partial charge in [-0.25, -0.2) is 4.79 Å². The first-order valence-electron chi connectivity index (χ1n) is 7.89. The van der Waals surface area contributed by atoms with E-state index in [2.05, 4.69) is 20.9 Å². The van der Waals surface area contributed by atoms with Gasteiger partial charge in [0.2, 0.25) is 5.91 Å². The molecule has 0 aromatic heterocycles. The number of urea groups is 1. The van der Waals surface area contributed by atoms with Crippen LogP contribution in [0, 0.1) is 0 Å². The average Bonchev–Trinajstić information content (AvgIpc) is 2.57. The van der Waals surface area contributed by atoms with Crippen molar-refractivity contribution in [2.24, 2.45) is 0 Å². The van der Waals surface area contributed by atoms with E-state index in [1.165, 1.54) is 0 Å². The molecule has 0 saturated carbocycles. The summed E-state index contributed by atoms with van der Waals surface area (Å²) >= 11 is 0. The third kappa shape index (κ3) is 6.25. The highest BCUT2D eigenvalue weighted by atomic mass is 16.3. The minimum Gasteiger partial charge on any atom is -0.387 e. The van der Waals surface area contributed by atoms with E-state index in [1.54, 1.807) is 0 Å². The molecule has 0 radical (unpaired) electrons. The van der Waals surface area contributed by atoms with Crippen molar-refractivity contribution in [3.63, 3.8) is 0 Å². The molecule has 3 amide bonds. The van der Waals surface area contributed by atoms with Gasteiger partial charge in [-0.05, 0) is 12.0 Å². The zero-order valence-electron chi connectivity index (χ0n) is 13.1. The van der Waals surface area contributed by atoms with Crippen LogP contribution in [0.15, 0.2) is 30.3 Å². The number of carbonyl (C=O) groups excluding carboxylic acids is 2. The Bertz CT molecular complexity index is 509. The van der Waals surface area contributed by atoms with Crippen molar-refractivity contribution in [1.29, 1.82) is 0 Å². The minimum atomic E-state index is -0.714. The molecule has 1 heterocycles. The van der Waals surface area contributed by atoms with Crippen molar-refractivity contribution in [1.82, 2.24) is 20.9 Å². The maximum atomic E-state index is 11.7. The maximum Gasteiger partial charge on any atom is 0.314 e. The van der Waals surface area contributed by atoms with Gasteiger partial charge in [-0.3, -0.25) is 9.69 Å². The molecule has 1 aromatic carbocycles. The molecule has 1 unspecified atom stereocenters. The fourth-order valence-electron chi connectivity index (χ4n) is 2.43. The SMILES string of the molecule is O=C1CN(CCCNC(=O)NCC(O)c2ccccc2)CCN1. The number of nitrogens with zero attached hydrogens (tertiary/aromatic N) is 1. The monoisotopic (exact) mass is 320 g/mol. The number of nitrogens with one attached hydrogen (secondary N) is 3. The topological polar surface area (TPSA) is 93.7 Å². The lowest BCUT2D eigenvalue weighted by molar-refractivity contribution is -0.124. The van der Waals surface area contributed by atoms with Gasteiger partial charge >= 0.3 is 6.03 Å². The summed E-state index contributed by atoms with van der Waals surface area (Å²) in [6.45, 7) is 3.44. The van der Waals surface area contributed by atoms with Crippen molar-refractivity contribution < 1.29 is 14.7 Å². The quantitative estimate of drug-likeness (QED) is 0.525. The second kappa shape index (κ2) is 9.12. The number of carbonyl (C=O) groups is 2. The predicted octanol–water partition coefficient (Wildman–Crippen LogP) is -0.159. The number of aliphatic hydroxyl groups is 1. The van der Waals surface area contributed by atoms with Crippen molar-refractivity contribution in [2.45, 2.75) is 12.5 Å². The molecule has 1 fully saturated rings. The van der Waals surface area contributed by atoms with Gasteiger partial charge in [0.05, 0.1) is 12.6 Å². The Morgan fingerprint density at radius 3 is 2.83 bits per heavy atom. The van der Waals surface area contributed by atoms with Crippen LogP contribution in [-0.4, -0.2) is 61.2 Å². The van der Waals surface area contributed by atoms with Gasteiger partial charge in [0.15, 0.2) is 0 Å². The van der Waals surface area contributed by atoms with Crippen molar-refractivity contribution in [3.05, 3.63) is 35.9 Å². The fourth-order valence-corrected chi connectivity index (χ4v) is 2.43. The van der Waals surface area contributed by atoms with Crippen molar-refractivity contribution >= 4 is 11.9 Å². The number of hydrogen-bond acceptors (Lipinski definition) is 4. The average molecular weight is 320 g/mol. The molecule has 0 bridgehead atoms. The highest BCUT2D eigenvalue weighted by molar-refractivity contribution is 5.78. The Morgan fingerprint density at radius 1 is 1.30 bits per heavy atom. The lowest BCUT2D eigenvalue weighted by Crippen LogP contribution is -2.48. The summed E-state index contributed by atoms with van der Waals surface area (Å²) in [5.41, 5.74) is 0.774. The second-order valence-corrected chi connectivity index (χ2v) is 5.54. The summed E-state index contributed by atoms with van der Waals surface area (Å²) in [5, 5.41) is 18.1. The first kappa shape index (κ1) is 17.2. The van der Waals surface area contributed by atoms with Crippen LogP contribution in [0.3, 0.4) is 0 Å². The number of amides is 3. The van der Waals surface area contributed by atoms with Gasteiger partial charge in [-0.2, -0.15) is 0 Å². The predicted molar refractivity (Wildman–Crippen MR) is 86.9 cm³/mol. The molecule has 7 nitrogen and oxygen atoms in total. The molecule has 1 atom stereocenters. The zero-order valence-corrected chi connectivity index (χ0v) is 13.1. The molecule has 1 aliphatic heterocycles. The Balaban J connectivity index is 1.55. The molecular formula is C16H24N4O3. The normalized spacial score (nSPS) is 16.5. The van der Waals surface area contributed by atoms with Crippen LogP contribution < -0.4 is 16.0 Å². The summed E-state index contributed by atoms with van der Waals surface area (Å²) in [7, 11) is 0. The first-order chi connectivity index (χ1) is 11.1. The van der Waals surface area contributed by atoms with Gasteiger partial charge in [0.1, 0.15) is 0 Å². The molecule has 1 aliphatic rings. The van der Waals surface area contributed by atoms with Crippen LogP contribution in [0.5, 0.6) is 0 Å². The van der Waals surface area contributed by atoms with Gasteiger partial charge in [0, 0.05) is 32.7 Å². The molecule has 1 aromatic rings. The molecular weight excluding hydrogens is 296 g/mol. The summed E-state index contributed by atoms with van der Waals surface area (Å²) in [6, 6.07) is 8.91. The summed E-state index contributed by atoms with van der Waals surface area (Å²) in [4.78, 5) is 25.0. The number of rotatable bonds is 7. The van der Waals surface area contributed by atoms with Crippen LogP contribution in [0.1, 0.15) is 18.1 Å². The lowest BCUT2D eigenvalue weighted by Gasteiger charge is -2.26. The molecule has 1 saturated heterocycles. The van der Waals surface area contributed by atoms with E-state index in [4.69, 9.17) is 0 Å². The molecule has 0 aliphatic carbocycles. The number of piperazine rings is 1. The van der Waals surface area contributed by atoms with E-state index in [1.807, 2.05) is 30.3 Å². The Kier molecular flexibility index (Phi) is 6.83. The van der Waals surface area contributed by atoms with Gasteiger partial charge in [0.25, 0.3) is 0 Å². The smallest absolute Gasteiger partial charge is 0.314 e. The lowest BCUT2D eigenvalue weighted by atomic mass is 10.1. The van der Waals surface area contributed by atoms with Crippen molar-refractivity contribution in [3.8, 4) is 0 Å². The van der Waals surface area contributed by atoms with Crippen molar-refractivity contribution in [2.75, 3.05) is 39.3 Å². The number of hydrogen-bond donors (Lipinski definition) is 4. The third-order valence-corrected chi connectivity index (χ3v) is 3.69. The maximum absolute atomic E-state index is 11.7. The van der Waals surface area contributed by atoms with E-state index in [9.17, 15) is 14.7 Å². The van der Waals surface area contributed by atoms with Gasteiger partial charge < -0.3 is 21.1 Å². The molecule has 23 heavy (non-hydrogen) atoms. The van der Waals surface area contributed by atoms with Crippen LogP contribution in [0.4, 0.5) is 4.79 Å². The van der Waals surface area contributed by atoms with E-state index < -0.39 is 6.10 Å². The van der Waals surface area contributed by atoms with Crippen LogP contribution in [0.25, 0.3) is 0 Å². The summed E-state index contributed by atoms with van der Waals surface area (Å²) in [6.07, 6.45) is 0.0656. The molecule has 0 spiro atoms. The van der Waals surface area contributed by atoms with E-state index >= 15 is 0 Å². The molecule has 2 rings (SSSR count). The van der Waals surface area contributed by atoms with E-state index in [0.717, 1.165) is 25.1 Å². The number of benzene rings is 1. The molecule has 7 heteroatoms. The fraction of sp³-hybridized carbons (Fsp3) is 0.500. The van der Waals surface area contributed by atoms with E-state index in [0.29, 0.717) is 19.6 Å². The highest BCUT2D eigenvalue weighted by Crippen LogP contribution is 2.10. The van der Waals surface area contributed by atoms with E-state index in [-0.39, 0.29) is 18.5 Å². The largest absolute Gasteiger partial charge is 0.387 e. The summed E-state index contributed by atoms with van der Waals surface area (Å²) in [5.74, 6) is 0.0526.